The first kappa shape index (κ1) is 48.0. The second-order valence-electron chi connectivity index (χ2n) is 14.1. The van der Waals surface area contributed by atoms with Crippen molar-refractivity contribution < 1.29 is 43.9 Å². The number of alkyl halides is 6. The van der Waals surface area contributed by atoms with Crippen molar-refractivity contribution in [3.05, 3.63) is 29.3 Å². The Balaban J connectivity index is 0.000000983. The van der Waals surface area contributed by atoms with Crippen LogP contribution < -0.4 is 5.30 Å². The summed E-state index contributed by atoms with van der Waals surface area (Å²) in [7, 11) is -3.47. The summed E-state index contributed by atoms with van der Waals surface area (Å²) in [6, 6.07) is 0.128. The molecule has 0 bridgehead atoms. The van der Waals surface area contributed by atoms with E-state index in [1.54, 1.807) is 25.3 Å². The van der Waals surface area contributed by atoms with Gasteiger partial charge in [0.05, 0.1) is 6.16 Å². The summed E-state index contributed by atoms with van der Waals surface area (Å²) in [6.07, 6.45) is 14.2. The summed E-state index contributed by atoms with van der Waals surface area (Å²) >= 11 is 0. The smallest absolute Gasteiger partial charge is 0.236 e. The average molecular weight is 741 g/mol. The van der Waals surface area contributed by atoms with E-state index in [1.165, 1.54) is 84.0 Å². The van der Waals surface area contributed by atoms with Gasteiger partial charge in [0.25, 0.3) is 0 Å². The Morgan fingerprint density at radius 1 is 0.571 bits per heavy atom. The van der Waals surface area contributed by atoms with Crippen molar-refractivity contribution in [2.24, 2.45) is 0 Å². The van der Waals surface area contributed by atoms with Gasteiger partial charge < -0.3 is 0 Å². The van der Waals surface area contributed by atoms with E-state index in [0.717, 1.165) is 0 Å². The third-order valence-corrected chi connectivity index (χ3v) is 12.8. The van der Waals surface area contributed by atoms with Crippen molar-refractivity contribution in [2.75, 3.05) is 6.16 Å². The molecule has 0 saturated heterocycles. The number of benzene rings is 1. The Kier molecular flexibility index (Phi) is 25.4. The van der Waals surface area contributed by atoms with E-state index in [4.69, 9.17) is 0 Å². The molecule has 0 fully saturated rings. The summed E-state index contributed by atoms with van der Waals surface area (Å²) in [5.74, 6) is -8.19. The average Bonchev–Trinajstić information content (AvgIpc) is 3.04. The highest BCUT2D eigenvalue weighted by Gasteiger charge is 2.55. The van der Waals surface area contributed by atoms with Crippen LogP contribution in [0.2, 0.25) is 25.3 Å². The lowest BCUT2D eigenvalue weighted by Crippen LogP contribution is -2.34. The molecule has 0 aliphatic carbocycles. The van der Waals surface area contributed by atoms with E-state index in [2.05, 4.69) is 27.7 Å². The maximum Gasteiger partial charge on any atom is 0.389 e. The van der Waals surface area contributed by atoms with Crippen LogP contribution in [0.5, 0.6) is 0 Å². The van der Waals surface area contributed by atoms with Crippen LogP contribution in [-0.2, 0) is 0 Å². The quantitative estimate of drug-likeness (QED) is 0.0222. The number of hydrogen-bond acceptors (Lipinski definition) is 0. The predicted molar refractivity (Wildman–Crippen MR) is 191 cm³/mol. The van der Waals surface area contributed by atoms with Gasteiger partial charge in [-0.25, -0.2) is 17.6 Å². The van der Waals surface area contributed by atoms with Crippen molar-refractivity contribution in [3.8, 4) is 0 Å². The van der Waals surface area contributed by atoms with Crippen LogP contribution in [0, 0.1) is 23.3 Å². The zero-order valence-corrected chi connectivity index (χ0v) is 31.8. The molecule has 0 aliphatic rings. The van der Waals surface area contributed by atoms with Gasteiger partial charge in [-0.15, -0.1) is 0 Å². The van der Waals surface area contributed by atoms with Gasteiger partial charge in [0, 0.05) is 18.6 Å². The van der Waals surface area contributed by atoms with Crippen molar-refractivity contribution in [1.82, 2.24) is 0 Å². The van der Waals surface area contributed by atoms with E-state index in [1.807, 2.05) is 0 Å². The Morgan fingerprint density at radius 2 is 1.00 bits per heavy atom. The molecule has 1 aromatic carbocycles. The van der Waals surface area contributed by atoms with Crippen LogP contribution in [0.4, 0.5) is 43.9 Å². The molecule has 1 rings (SSSR count). The predicted octanol–water partition coefficient (Wildman–Crippen LogP) is 15.1. The summed E-state index contributed by atoms with van der Waals surface area (Å²) in [4.78, 5) is 0. The number of rotatable bonds is 26. The molecular formula is C37H64BF10P. The first-order valence-electron chi connectivity index (χ1n) is 19.1. The summed E-state index contributed by atoms with van der Waals surface area (Å²) in [6.45, 7) is 10.6. The van der Waals surface area contributed by atoms with Gasteiger partial charge in [0.15, 0.2) is 11.6 Å². The van der Waals surface area contributed by atoms with Gasteiger partial charge in [0.2, 0.25) is 17.8 Å². The third kappa shape index (κ3) is 18.9. The minimum atomic E-state index is -4.32. The zero-order chi connectivity index (χ0) is 37.5. The third-order valence-electron chi connectivity index (χ3n) is 9.93. The number of unbranched alkanes of at least 4 members (excludes halogenated alkanes) is 11. The molecular weight excluding hydrogens is 676 g/mol. The second-order valence-corrected chi connectivity index (χ2v) is 16.9. The van der Waals surface area contributed by atoms with Crippen LogP contribution in [0.3, 0.4) is 0 Å². The molecule has 290 valence electrons. The molecule has 0 nitrogen and oxygen atoms in total. The molecule has 0 aromatic heterocycles. The monoisotopic (exact) mass is 740 g/mol. The van der Waals surface area contributed by atoms with E-state index in [0.29, 0.717) is 0 Å². The molecule has 0 spiro atoms. The van der Waals surface area contributed by atoms with Gasteiger partial charge in [-0.3, -0.25) is 0 Å². The van der Waals surface area contributed by atoms with Crippen LogP contribution >= 0.6 is 7.92 Å². The highest BCUT2D eigenvalue weighted by Crippen LogP contribution is 2.55. The molecule has 0 N–H and O–H groups in total. The number of halogens is 10. The molecule has 0 amide bonds. The minimum absolute atomic E-state index is 0.0383. The summed E-state index contributed by atoms with van der Waals surface area (Å²) in [5.41, 5.74) is -4.11. The van der Waals surface area contributed by atoms with Gasteiger partial charge in [-0.05, 0) is 19.8 Å². The lowest BCUT2D eigenvalue weighted by molar-refractivity contribution is -0.135. The second kappa shape index (κ2) is 25.9. The lowest BCUT2D eigenvalue weighted by atomic mass is 9.17. The van der Waals surface area contributed by atoms with Crippen molar-refractivity contribution >= 4 is 19.4 Å². The Bertz CT molecular complexity index is 943. The summed E-state index contributed by atoms with van der Waals surface area (Å²) in [5, 5.41) is -1.07. The highest BCUT2D eigenvalue weighted by molar-refractivity contribution is 7.66. The Morgan fingerprint density at radius 3 is 1.39 bits per heavy atom. The molecule has 0 aliphatic heterocycles. The van der Waals surface area contributed by atoms with E-state index >= 15 is 0 Å². The first-order valence-corrected chi connectivity index (χ1v) is 20.8. The standard InChI is InChI=1S/C20H44B.C17H19F10P/c1-5-9-13-17-21(18-14-10-6-2,19-15-11-7-3)20-16-12-8-4;1-2-28(11-9-10(18)13(20)15(22)14(11)21)17(26,27)12(19)7-5-3-4-6-8-16(23,24)25/h5-20H2,1-4H3;9,12H,2-8H2,1H3/q-1;/p+1. The maximum absolute atomic E-state index is 14.5. The molecule has 49 heavy (non-hydrogen) atoms. The largest absolute Gasteiger partial charge is 0.389 e. The molecule has 1 aromatic rings. The van der Waals surface area contributed by atoms with Gasteiger partial charge >= 0.3 is 11.8 Å². The minimum Gasteiger partial charge on any atom is -0.236 e. The van der Waals surface area contributed by atoms with E-state index < -0.39 is 73.5 Å². The van der Waals surface area contributed by atoms with Crippen molar-refractivity contribution in [1.29, 1.82) is 0 Å². The highest BCUT2D eigenvalue weighted by atomic mass is 31.1. The number of hydrogen-bond donors (Lipinski definition) is 0. The van der Waals surface area contributed by atoms with Gasteiger partial charge in [-0.2, -0.15) is 51.6 Å². The first-order chi connectivity index (χ1) is 23.1. The fraction of sp³-hybridized carbons (Fsp3) is 0.838. The van der Waals surface area contributed by atoms with Crippen molar-refractivity contribution in [3.63, 3.8) is 0 Å². The van der Waals surface area contributed by atoms with Crippen LogP contribution in [0.1, 0.15) is 150 Å². The fourth-order valence-corrected chi connectivity index (χ4v) is 9.36. The molecule has 2 unspecified atom stereocenters. The molecule has 0 saturated carbocycles. The molecule has 2 atom stereocenters. The molecule has 0 radical (unpaired) electrons. The SMILES string of the molecule is CCCCC[B-](CCCCC)(CCCCC)CCCCC.CC[PH+](c1cc(F)c(F)c(F)c1F)C(F)(F)C(F)CCCCCCC(F)(F)F. The van der Waals surface area contributed by atoms with Crippen LogP contribution in [0.25, 0.3) is 0 Å². The van der Waals surface area contributed by atoms with Crippen LogP contribution in [0.15, 0.2) is 6.07 Å². The molecule has 12 heteroatoms. The van der Waals surface area contributed by atoms with E-state index in [-0.39, 0.29) is 37.9 Å². The van der Waals surface area contributed by atoms with Crippen molar-refractivity contribution in [2.45, 2.75) is 193 Å². The molecule has 0 heterocycles. The lowest BCUT2D eigenvalue weighted by Gasteiger charge is -2.40. The Labute approximate surface area is 292 Å². The Hall–Kier alpha value is -0.985. The van der Waals surface area contributed by atoms with Gasteiger partial charge in [-0.1, -0.05) is 124 Å². The normalized spacial score (nSPS) is 13.7. The topological polar surface area (TPSA) is 0 Å². The summed E-state index contributed by atoms with van der Waals surface area (Å²) < 4.78 is 133. The van der Waals surface area contributed by atoms with Gasteiger partial charge in [0.1, 0.15) is 13.2 Å². The van der Waals surface area contributed by atoms with Crippen LogP contribution in [-0.4, -0.2) is 30.3 Å². The fourth-order valence-electron chi connectivity index (χ4n) is 6.95. The zero-order valence-electron chi connectivity index (χ0n) is 30.8. The van der Waals surface area contributed by atoms with E-state index in [9.17, 15) is 43.9 Å². The maximum atomic E-state index is 14.5.